The molecule has 0 spiro atoms. The van der Waals surface area contributed by atoms with Crippen molar-refractivity contribution in [2.24, 2.45) is 0 Å². The normalized spacial score (nSPS) is 18.6. The molecule has 29 heavy (non-hydrogen) atoms. The van der Waals surface area contributed by atoms with E-state index in [0.717, 1.165) is 51.3 Å². The van der Waals surface area contributed by atoms with Gasteiger partial charge in [0.05, 0.1) is 10.5 Å². The highest BCUT2D eigenvalue weighted by Gasteiger charge is 2.29. The Labute approximate surface area is 175 Å². The fraction of sp³-hybridized carbons (Fsp3) is 0.667. The molecule has 3 rings (SSSR count). The van der Waals surface area contributed by atoms with E-state index >= 15 is 0 Å². The van der Waals surface area contributed by atoms with E-state index in [2.05, 4.69) is 16.7 Å². The van der Waals surface area contributed by atoms with Crippen molar-refractivity contribution in [3.05, 3.63) is 23.8 Å². The van der Waals surface area contributed by atoms with Crippen LogP contribution in [0.4, 0.5) is 5.69 Å². The molecule has 7 nitrogen and oxygen atoms in total. The Hall–Kier alpha value is -1.64. The summed E-state index contributed by atoms with van der Waals surface area (Å²) in [4.78, 5) is 20.0. The Bertz CT molecular complexity index is 809. The van der Waals surface area contributed by atoms with Crippen LogP contribution in [0.2, 0.25) is 0 Å². The lowest BCUT2D eigenvalue weighted by atomic mass is 10.1. The van der Waals surface area contributed by atoms with E-state index in [1.807, 2.05) is 24.8 Å². The zero-order valence-electron chi connectivity index (χ0n) is 17.9. The van der Waals surface area contributed by atoms with Gasteiger partial charge in [0.2, 0.25) is 10.0 Å². The molecule has 0 N–H and O–H groups in total. The molecule has 2 aliphatic heterocycles. The van der Waals surface area contributed by atoms with Gasteiger partial charge in [0.15, 0.2) is 0 Å². The molecule has 2 heterocycles. The Morgan fingerprint density at radius 2 is 1.59 bits per heavy atom. The van der Waals surface area contributed by atoms with Crippen molar-refractivity contribution in [3.63, 3.8) is 0 Å². The molecule has 2 aliphatic rings. The Morgan fingerprint density at radius 3 is 2.14 bits per heavy atom. The lowest BCUT2D eigenvalue weighted by Gasteiger charge is -2.35. The van der Waals surface area contributed by atoms with Gasteiger partial charge < -0.3 is 14.7 Å². The first-order valence-corrected chi connectivity index (χ1v) is 12.3. The lowest BCUT2D eigenvalue weighted by Crippen LogP contribution is -2.48. The van der Waals surface area contributed by atoms with Crippen LogP contribution in [0.25, 0.3) is 0 Å². The van der Waals surface area contributed by atoms with Crippen molar-refractivity contribution in [2.75, 3.05) is 63.8 Å². The summed E-state index contributed by atoms with van der Waals surface area (Å²) in [5.74, 6) is -0.0562. The third-order valence-electron chi connectivity index (χ3n) is 6.10. The highest BCUT2D eigenvalue weighted by molar-refractivity contribution is 7.89. The Morgan fingerprint density at radius 1 is 0.966 bits per heavy atom. The summed E-state index contributed by atoms with van der Waals surface area (Å²) in [5.41, 5.74) is 1.38. The minimum absolute atomic E-state index is 0.0562. The minimum atomic E-state index is -3.61. The second-order valence-electron chi connectivity index (χ2n) is 7.69. The predicted octanol–water partition coefficient (Wildman–Crippen LogP) is 2.09. The van der Waals surface area contributed by atoms with Crippen LogP contribution in [0.1, 0.15) is 44.0 Å². The summed E-state index contributed by atoms with van der Waals surface area (Å²) in [6.07, 6.45) is 2.20. The van der Waals surface area contributed by atoms with Crippen LogP contribution in [0.3, 0.4) is 0 Å². The first-order valence-electron chi connectivity index (χ1n) is 10.8. The molecule has 2 saturated heterocycles. The van der Waals surface area contributed by atoms with Gasteiger partial charge in [-0.1, -0.05) is 20.8 Å². The van der Waals surface area contributed by atoms with E-state index in [-0.39, 0.29) is 10.8 Å². The van der Waals surface area contributed by atoms with E-state index in [0.29, 0.717) is 31.7 Å². The molecule has 0 unspecified atom stereocenters. The van der Waals surface area contributed by atoms with E-state index in [9.17, 15) is 13.2 Å². The molecule has 1 aromatic rings. The average molecular weight is 423 g/mol. The fourth-order valence-corrected chi connectivity index (χ4v) is 5.72. The average Bonchev–Trinajstić information content (AvgIpc) is 3.28. The topological polar surface area (TPSA) is 64.2 Å². The van der Waals surface area contributed by atoms with E-state index in [1.54, 1.807) is 12.1 Å². The molecule has 0 aromatic heterocycles. The second kappa shape index (κ2) is 9.45. The highest BCUT2D eigenvalue weighted by Crippen LogP contribution is 2.29. The summed E-state index contributed by atoms with van der Waals surface area (Å²) in [5, 5.41) is 0. The van der Waals surface area contributed by atoms with E-state index in [4.69, 9.17) is 0 Å². The number of anilines is 1. The van der Waals surface area contributed by atoms with Crippen LogP contribution >= 0.6 is 0 Å². The molecule has 0 saturated carbocycles. The maximum Gasteiger partial charge on any atom is 0.256 e. The number of carbonyl (C=O) groups is 1. The molecule has 8 heteroatoms. The summed E-state index contributed by atoms with van der Waals surface area (Å²) < 4.78 is 27.5. The molecular weight excluding hydrogens is 388 g/mol. The Balaban J connectivity index is 1.96. The molecule has 0 radical (unpaired) electrons. The molecule has 2 fully saturated rings. The van der Waals surface area contributed by atoms with Crippen LogP contribution in [-0.4, -0.2) is 87.3 Å². The summed E-state index contributed by atoms with van der Waals surface area (Å²) in [7, 11) is -3.61. The zero-order chi connectivity index (χ0) is 21.0. The monoisotopic (exact) mass is 422 g/mol. The maximum absolute atomic E-state index is 13.4. The predicted molar refractivity (Wildman–Crippen MR) is 116 cm³/mol. The van der Waals surface area contributed by atoms with Gasteiger partial charge in [-0.25, -0.2) is 8.42 Å². The van der Waals surface area contributed by atoms with Gasteiger partial charge in [0.25, 0.3) is 5.91 Å². The molecular formula is C21H34N4O3S. The fourth-order valence-electron chi connectivity index (χ4n) is 4.23. The molecule has 1 amide bonds. The summed E-state index contributed by atoms with van der Waals surface area (Å²) in [6, 6.07) is 5.10. The number of rotatable bonds is 7. The summed E-state index contributed by atoms with van der Waals surface area (Å²) in [6.45, 7) is 12.5. The van der Waals surface area contributed by atoms with Crippen molar-refractivity contribution in [1.29, 1.82) is 0 Å². The lowest BCUT2D eigenvalue weighted by molar-refractivity contribution is 0.0644. The van der Waals surface area contributed by atoms with Gasteiger partial charge in [-0.15, -0.1) is 0 Å². The molecule has 162 valence electrons. The highest BCUT2D eigenvalue weighted by atomic mass is 32.2. The SMILES string of the molecule is CCN1CCN(C(=O)c2cc(S(=O)(=O)N(CC)CC)ccc2N2CCCC2)CC1. The van der Waals surface area contributed by atoms with Gasteiger partial charge in [0.1, 0.15) is 0 Å². The van der Waals surface area contributed by atoms with Gasteiger partial charge in [-0.3, -0.25) is 4.79 Å². The second-order valence-corrected chi connectivity index (χ2v) is 9.63. The summed E-state index contributed by atoms with van der Waals surface area (Å²) >= 11 is 0. The van der Waals surface area contributed by atoms with E-state index < -0.39 is 10.0 Å². The van der Waals surface area contributed by atoms with Crippen molar-refractivity contribution < 1.29 is 13.2 Å². The number of benzene rings is 1. The van der Waals surface area contributed by atoms with Gasteiger partial charge in [-0.2, -0.15) is 4.31 Å². The molecule has 1 aromatic carbocycles. The van der Waals surface area contributed by atoms with Gasteiger partial charge in [-0.05, 0) is 37.6 Å². The molecule has 0 aliphatic carbocycles. The van der Waals surface area contributed by atoms with Crippen LogP contribution in [0.15, 0.2) is 23.1 Å². The van der Waals surface area contributed by atoms with Crippen LogP contribution in [0.5, 0.6) is 0 Å². The van der Waals surface area contributed by atoms with Gasteiger partial charge in [0, 0.05) is 58.0 Å². The first-order chi connectivity index (χ1) is 13.9. The smallest absolute Gasteiger partial charge is 0.256 e. The largest absolute Gasteiger partial charge is 0.371 e. The third kappa shape index (κ3) is 4.59. The third-order valence-corrected chi connectivity index (χ3v) is 8.14. The van der Waals surface area contributed by atoms with Crippen LogP contribution in [-0.2, 0) is 10.0 Å². The van der Waals surface area contributed by atoms with Crippen molar-refractivity contribution in [3.8, 4) is 0 Å². The number of hydrogen-bond donors (Lipinski definition) is 0. The van der Waals surface area contributed by atoms with E-state index in [1.165, 1.54) is 4.31 Å². The number of carbonyl (C=O) groups excluding carboxylic acids is 1. The number of sulfonamides is 1. The quantitative estimate of drug-likeness (QED) is 0.673. The molecule has 0 atom stereocenters. The van der Waals surface area contributed by atoms with Crippen molar-refractivity contribution in [2.45, 2.75) is 38.5 Å². The number of amides is 1. The first kappa shape index (κ1) is 22.1. The van der Waals surface area contributed by atoms with Crippen molar-refractivity contribution >= 4 is 21.6 Å². The maximum atomic E-state index is 13.4. The number of piperazine rings is 1. The number of nitrogens with zero attached hydrogens (tertiary/aromatic N) is 4. The minimum Gasteiger partial charge on any atom is -0.371 e. The van der Waals surface area contributed by atoms with Crippen LogP contribution in [0, 0.1) is 0 Å². The van der Waals surface area contributed by atoms with Crippen LogP contribution < -0.4 is 4.90 Å². The molecule has 0 bridgehead atoms. The number of likely N-dealkylation sites (N-methyl/N-ethyl adjacent to an activating group) is 1. The van der Waals surface area contributed by atoms with Gasteiger partial charge >= 0.3 is 0 Å². The zero-order valence-corrected chi connectivity index (χ0v) is 18.7. The standard InChI is InChI=1S/C21H34N4O3S/c1-4-22-13-15-24(16-14-22)21(26)19-17-18(29(27,28)25(5-2)6-3)9-10-20(19)23-11-7-8-12-23/h9-10,17H,4-8,11-16H2,1-3H3. The Kier molecular flexibility index (Phi) is 7.19. The number of hydrogen-bond acceptors (Lipinski definition) is 5. The van der Waals surface area contributed by atoms with Crippen molar-refractivity contribution in [1.82, 2.24) is 14.1 Å².